The molecule has 0 aliphatic carbocycles. The van der Waals surface area contributed by atoms with E-state index in [0.29, 0.717) is 12.2 Å². The first kappa shape index (κ1) is 20.5. The highest BCUT2D eigenvalue weighted by Gasteiger charge is 2.33. The van der Waals surface area contributed by atoms with Crippen LogP contribution < -0.4 is 4.90 Å². The van der Waals surface area contributed by atoms with Crippen LogP contribution in [-0.4, -0.2) is 65.9 Å². The molecule has 6 nitrogen and oxygen atoms in total. The maximum Gasteiger partial charge on any atom is 0.270 e. The zero-order valence-corrected chi connectivity index (χ0v) is 18.3. The number of carbonyl (C=O) groups is 2. The van der Waals surface area contributed by atoms with Crippen LogP contribution in [0.2, 0.25) is 0 Å². The molecule has 2 aliphatic heterocycles. The SMILES string of the molecule is Cc1[nH]c(C(=O)N2CCC[C@H](C(=O)N3CCN(c4ccccc4)CC3)C2)c(C)c1C. The molecule has 0 unspecified atom stereocenters. The summed E-state index contributed by atoms with van der Waals surface area (Å²) in [5.74, 6) is 0.134. The molecule has 2 aliphatic rings. The van der Waals surface area contributed by atoms with Crippen LogP contribution in [-0.2, 0) is 4.79 Å². The van der Waals surface area contributed by atoms with Crippen molar-refractivity contribution in [2.24, 2.45) is 5.92 Å². The minimum atomic E-state index is -0.0940. The van der Waals surface area contributed by atoms with E-state index in [2.05, 4.69) is 34.1 Å². The van der Waals surface area contributed by atoms with E-state index in [1.54, 1.807) is 0 Å². The molecule has 1 N–H and O–H groups in total. The number of aromatic amines is 1. The van der Waals surface area contributed by atoms with Gasteiger partial charge in [-0.1, -0.05) is 18.2 Å². The molecular formula is C24H32N4O2. The molecular weight excluding hydrogens is 376 g/mol. The van der Waals surface area contributed by atoms with E-state index in [1.807, 2.05) is 36.6 Å². The minimum Gasteiger partial charge on any atom is -0.368 e. The van der Waals surface area contributed by atoms with Crippen LogP contribution in [0.25, 0.3) is 0 Å². The molecule has 0 spiro atoms. The lowest BCUT2D eigenvalue weighted by molar-refractivity contribution is -0.137. The number of nitrogens with one attached hydrogen (secondary N) is 1. The van der Waals surface area contributed by atoms with Gasteiger partial charge in [0.1, 0.15) is 5.69 Å². The fourth-order valence-corrected chi connectivity index (χ4v) is 4.66. The summed E-state index contributed by atoms with van der Waals surface area (Å²) in [7, 11) is 0. The summed E-state index contributed by atoms with van der Waals surface area (Å²) in [6.45, 7) is 10.5. The molecule has 3 heterocycles. The van der Waals surface area contributed by atoms with Gasteiger partial charge < -0.3 is 19.7 Å². The summed E-state index contributed by atoms with van der Waals surface area (Å²) in [5, 5.41) is 0. The van der Waals surface area contributed by atoms with Crippen LogP contribution in [0.4, 0.5) is 5.69 Å². The van der Waals surface area contributed by atoms with Crippen LogP contribution in [0, 0.1) is 26.7 Å². The molecule has 4 rings (SSSR count). The zero-order valence-electron chi connectivity index (χ0n) is 18.3. The number of likely N-dealkylation sites (tertiary alicyclic amines) is 1. The highest BCUT2D eigenvalue weighted by atomic mass is 16.2. The molecule has 160 valence electrons. The third kappa shape index (κ3) is 3.95. The third-order valence-corrected chi connectivity index (χ3v) is 6.80. The lowest BCUT2D eigenvalue weighted by atomic mass is 9.95. The van der Waals surface area contributed by atoms with E-state index in [-0.39, 0.29) is 17.7 Å². The summed E-state index contributed by atoms with van der Waals surface area (Å²) in [6.07, 6.45) is 1.74. The standard InChI is InChI=1S/C24H32N4O2/c1-17-18(2)22(25-19(17)3)24(30)28-11-7-8-20(16-28)23(29)27-14-12-26(13-15-27)21-9-5-4-6-10-21/h4-6,9-10,20,25H,7-8,11-16H2,1-3H3/t20-/m0/s1. The van der Waals surface area contributed by atoms with Crippen LogP contribution >= 0.6 is 0 Å². The Labute approximate surface area is 178 Å². The molecule has 2 fully saturated rings. The molecule has 1 aromatic heterocycles. The second kappa shape index (κ2) is 8.54. The Morgan fingerprint density at radius 1 is 0.900 bits per heavy atom. The number of piperazine rings is 1. The molecule has 2 aromatic rings. The first-order valence-electron chi connectivity index (χ1n) is 11.0. The van der Waals surface area contributed by atoms with Crippen LogP contribution in [0.15, 0.2) is 30.3 Å². The average molecular weight is 409 g/mol. The van der Waals surface area contributed by atoms with Gasteiger partial charge in [0.2, 0.25) is 5.91 Å². The molecule has 0 bridgehead atoms. The van der Waals surface area contributed by atoms with Crippen molar-refractivity contribution < 1.29 is 9.59 Å². The quantitative estimate of drug-likeness (QED) is 0.849. The Kier molecular flexibility index (Phi) is 5.84. The van der Waals surface area contributed by atoms with Crippen molar-refractivity contribution in [3.05, 3.63) is 52.8 Å². The van der Waals surface area contributed by atoms with Crippen molar-refractivity contribution in [2.45, 2.75) is 33.6 Å². The van der Waals surface area contributed by atoms with E-state index in [0.717, 1.165) is 62.4 Å². The van der Waals surface area contributed by atoms with E-state index in [1.165, 1.54) is 5.69 Å². The Morgan fingerprint density at radius 2 is 1.60 bits per heavy atom. The second-order valence-corrected chi connectivity index (χ2v) is 8.61. The maximum absolute atomic E-state index is 13.2. The molecule has 2 amide bonds. The van der Waals surface area contributed by atoms with Crippen molar-refractivity contribution in [1.82, 2.24) is 14.8 Å². The van der Waals surface area contributed by atoms with Gasteiger partial charge >= 0.3 is 0 Å². The first-order chi connectivity index (χ1) is 14.5. The lowest BCUT2D eigenvalue weighted by Gasteiger charge is -2.39. The monoisotopic (exact) mass is 408 g/mol. The van der Waals surface area contributed by atoms with Crippen molar-refractivity contribution in [1.29, 1.82) is 0 Å². The van der Waals surface area contributed by atoms with Gasteiger partial charge in [0, 0.05) is 50.6 Å². The average Bonchev–Trinajstić information content (AvgIpc) is 3.06. The van der Waals surface area contributed by atoms with E-state index in [9.17, 15) is 9.59 Å². The van der Waals surface area contributed by atoms with Gasteiger partial charge in [-0.3, -0.25) is 9.59 Å². The number of hydrogen-bond acceptors (Lipinski definition) is 3. The van der Waals surface area contributed by atoms with Crippen molar-refractivity contribution in [3.8, 4) is 0 Å². The van der Waals surface area contributed by atoms with Crippen molar-refractivity contribution in [2.75, 3.05) is 44.2 Å². The molecule has 6 heteroatoms. The summed E-state index contributed by atoms with van der Waals surface area (Å²) in [6, 6.07) is 10.4. The number of amides is 2. The number of carbonyl (C=O) groups excluding carboxylic acids is 2. The predicted octanol–water partition coefficient (Wildman–Crippen LogP) is 3.14. The fourth-order valence-electron chi connectivity index (χ4n) is 4.66. The number of aryl methyl sites for hydroxylation is 1. The maximum atomic E-state index is 13.2. The number of para-hydroxylation sites is 1. The number of aromatic nitrogens is 1. The number of benzene rings is 1. The number of nitrogens with zero attached hydrogens (tertiary/aromatic N) is 3. The number of rotatable bonds is 3. The molecule has 30 heavy (non-hydrogen) atoms. The smallest absolute Gasteiger partial charge is 0.270 e. The summed E-state index contributed by atoms with van der Waals surface area (Å²) < 4.78 is 0. The van der Waals surface area contributed by atoms with Gasteiger partial charge in [0.05, 0.1) is 5.92 Å². The van der Waals surface area contributed by atoms with Crippen molar-refractivity contribution >= 4 is 17.5 Å². The van der Waals surface area contributed by atoms with Gasteiger partial charge in [0.15, 0.2) is 0 Å². The molecule has 2 saturated heterocycles. The van der Waals surface area contributed by atoms with E-state index >= 15 is 0 Å². The predicted molar refractivity (Wildman–Crippen MR) is 119 cm³/mol. The Morgan fingerprint density at radius 3 is 2.23 bits per heavy atom. The Bertz CT molecular complexity index is 913. The number of hydrogen-bond donors (Lipinski definition) is 1. The van der Waals surface area contributed by atoms with Crippen molar-refractivity contribution in [3.63, 3.8) is 0 Å². The Hall–Kier alpha value is -2.76. The van der Waals surface area contributed by atoms with Crippen LogP contribution in [0.5, 0.6) is 0 Å². The minimum absolute atomic E-state index is 0.0232. The summed E-state index contributed by atoms with van der Waals surface area (Å²) in [4.78, 5) is 35.7. The summed E-state index contributed by atoms with van der Waals surface area (Å²) in [5.41, 5.74) is 5.08. The Balaban J connectivity index is 1.37. The summed E-state index contributed by atoms with van der Waals surface area (Å²) >= 11 is 0. The molecule has 1 atom stereocenters. The highest BCUT2D eigenvalue weighted by molar-refractivity contribution is 5.95. The van der Waals surface area contributed by atoms with E-state index < -0.39 is 0 Å². The zero-order chi connectivity index (χ0) is 21.3. The molecule has 1 aromatic carbocycles. The van der Waals surface area contributed by atoms with Gasteiger partial charge in [-0.2, -0.15) is 0 Å². The second-order valence-electron chi connectivity index (χ2n) is 8.61. The fraction of sp³-hybridized carbons (Fsp3) is 0.500. The van der Waals surface area contributed by atoms with Crippen LogP contribution in [0.1, 0.15) is 40.2 Å². The normalized spacial score (nSPS) is 19.8. The largest absolute Gasteiger partial charge is 0.368 e. The number of piperidine rings is 1. The highest BCUT2D eigenvalue weighted by Crippen LogP contribution is 2.24. The van der Waals surface area contributed by atoms with E-state index in [4.69, 9.17) is 0 Å². The molecule has 0 saturated carbocycles. The first-order valence-corrected chi connectivity index (χ1v) is 11.0. The van der Waals surface area contributed by atoms with Gasteiger partial charge in [0.25, 0.3) is 5.91 Å². The van der Waals surface area contributed by atoms with Gasteiger partial charge in [-0.05, 0) is 56.9 Å². The number of anilines is 1. The van der Waals surface area contributed by atoms with Gasteiger partial charge in [-0.15, -0.1) is 0 Å². The molecule has 0 radical (unpaired) electrons. The number of H-pyrrole nitrogens is 1. The third-order valence-electron chi connectivity index (χ3n) is 6.80. The van der Waals surface area contributed by atoms with Crippen LogP contribution in [0.3, 0.4) is 0 Å². The lowest BCUT2D eigenvalue weighted by Crippen LogP contribution is -2.53. The van der Waals surface area contributed by atoms with Gasteiger partial charge in [-0.25, -0.2) is 0 Å². The topological polar surface area (TPSA) is 59.7 Å².